The summed E-state index contributed by atoms with van der Waals surface area (Å²) in [5, 5.41) is 2.76. The summed E-state index contributed by atoms with van der Waals surface area (Å²) in [5.74, 6) is -0.820. The highest BCUT2D eigenvalue weighted by molar-refractivity contribution is 5.94. The van der Waals surface area contributed by atoms with E-state index in [1.54, 1.807) is 12.1 Å². The van der Waals surface area contributed by atoms with Crippen LogP contribution in [0.15, 0.2) is 24.3 Å². The molecule has 2 amide bonds. The summed E-state index contributed by atoms with van der Waals surface area (Å²) in [5.41, 5.74) is 5.76. The summed E-state index contributed by atoms with van der Waals surface area (Å²) in [7, 11) is 0. The number of rotatable bonds is 5. The van der Waals surface area contributed by atoms with Crippen LogP contribution in [0, 0.1) is 5.82 Å². The third kappa shape index (κ3) is 6.54. The first kappa shape index (κ1) is 25.6. The van der Waals surface area contributed by atoms with E-state index in [4.69, 9.17) is 5.73 Å². The highest BCUT2D eigenvalue weighted by Gasteiger charge is 2.39. The van der Waals surface area contributed by atoms with Crippen LogP contribution in [-0.2, 0) is 4.79 Å². The lowest BCUT2D eigenvalue weighted by molar-refractivity contribution is -0.140. The summed E-state index contributed by atoms with van der Waals surface area (Å²) < 4.78 is 13.6. The van der Waals surface area contributed by atoms with Gasteiger partial charge in [-0.3, -0.25) is 14.5 Å². The fourth-order valence-electron chi connectivity index (χ4n) is 3.95. The van der Waals surface area contributed by atoms with Gasteiger partial charge in [0.05, 0.1) is 11.1 Å². The molecular formula is C20H31Cl2FN4O2. The molecule has 2 aliphatic rings. The molecule has 0 bridgehead atoms. The fourth-order valence-corrected chi connectivity index (χ4v) is 3.95. The van der Waals surface area contributed by atoms with E-state index in [0.29, 0.717) is 26.2 Å². The van der Waals surface area contributed by atoms with E-state index in [9.17, 15) is 14.0 Å². The molecule has 3 rings (SSSR count). The first-order valence-corrected chi connectivity index (χ1v) is 9.83. The van der Waals surface area contributed by atoms with Gasteiger partial charge in [0.25, 0.3) is 5.91 Å². The van der Waals surface area contributed by atoms with Crippen molar-refractivity contribution in [2.45, 2.75) is 37.6 Å². The Morgan fingerprint density at radius 3 is 2.28 bits per heavy atom. The molecule has 6 nitrogen and oxygen atoms in total. The summed E-state index contributed by atoms with van der Waals surface area (Å²) >= 11 is 0. The van der Waals surface area contributed by atoms with Crippen LogP contribution < -0.4 is 11.1 Å². The lowest BCUT2D eigenvalue weighted by Gasteiger charge is -2.41. The predicted molar refractivity (Wildman–Crippen MR) is 116 cm³/mol. The number of nitrogens with two attached hydrogens (primary N) is 1. The molecule has 0 atom stereocenters. The highest BCUT2D eigenvalue weighted by Crippen LogP contribution is 2.28. The number of piperazine rings is 1. The number of benzene rings is 1. The van der Waals surface area contributed by atoms with E-state index >= 15 is 0 Å². The quantitative estimate of drug-likeness (QED) is 0.723. The Balaban J connectivity index is 0.00000210. The Morgan fingerprint density at radius 1 is 1.03 bits per heavy atom. The normalized spacial score (nSPS) is 18.9. The number of halogens is 3. The van der Waals surface area contributed by atoms with Crippen molar-refractivity contribution in [1.29, 1.82) is 0 Å². The van der Waals surface area contributed by atoms with Crippen molar-refractivity contribution in [3.63, 3.8) is 0 Å². The van der Waals surface area contributed by atoms with Crippen LogP contribution in [0.3, 0.4) is 0 Å². The zero-order chi connectivity index (χ0) is 19.3. The lowest BCUT2D eigenvalue weighted by atomic mass is 9.81. The van der Waals surface area contributed by atoms with Crippen LogP contribution >= 0.6 is 24.8 Å². The van der Waals surface area contributed by atoms with E-state index in [2.05, 4.69) is 10.2 Å². The van der Waals surface area contributed by atoms with E-state index in [-0.39, 0.29) is 36.3 Å². The van der Waals surface area contributed by atoms with Gasteiger partial charge >= 0.3 is 0 Å². The molecule has 29 heavy (non-hydrogen) atoms. The van der Waals surface area contributed by atoms with Crippen molar-refractivity contribution in [2.24, 2.45) is 5.73 Å². The van der Waals surface area contributed by atoms with E-state index < -0.39 is 17.3 Å². The molecule has 0 spiro atoms. The summed E-state index contributed by atoms with van der Waals surface area (Å²) in [6.45, 7) is 3.98. The monoisotopic (exact) mass is 448 g/mol. The van der Waals surface area contributed by atoms with Crippen molar-refractivity contribution in [3.8, 4) is 0 Å². The van der Waals surface area contributed by atoms with E-state index in [0.717, 1.165) is 38.8 Å². The van der Waals surface area contributed by atoms with Gasteiger partial charge in [0, 0.05) is 39.3 Å². The highest BCUT2D eigenvalue weighted by atomic mass is 35.5. The molecule has 1 heterocycles. The Kier molecular flexibility index (Phi) is 10.3. The van der Waals surface area contributed by atoms with Gasteiger partial charge in [-0.05, 0) is 25.0 Å². The Labute approximate surface area is 184 Å². The van der Waals surface area contributed by atoms with Gasteiger partial charge in [0.1, 0.15) is 5.82 Å². The zero-order valence-electron chi connectivity index (χ0n) is 16.6. The maximum absolute atomic E-state index is 13.6. The summed E-state index contributed by atoms with van der Waals surface area (Å²) in [4.78, 5) is 28.9. The molecule has 1 aromatic rings. The molecule has 0 unspecified atom stereocenters. The smallest absolute Gasteiger partial charge is 0.254 e. The van der Waals surface area contributed by atoms with Crippen molar-refractivity contribution in [2.75, 3.05) is 39.3 Å². The maximum Gasteiger partial charge on any atom is 0.254 e. The molecule has 0 aromatic heterocycles. The number of hydrogen-bond acceptors (Lipinski definition) is 4. The van der Waals surface area contributed by atoms with Gasteiger partial charge in [0.2, 0.25) is 5.91 Å². The van der Waals surface area contributed by atoms with E-state index in [1.807, 2.05) is 4.90 Å². The van der Waals surface area contributed by atoms with Gasteiger partial charge in [-0.2, -0.15) is 0 Å². The summed E-state index contributed by atoms with van der Waals surface area (Å²) in [6, 6.07) is 5.96. The number of amides is 2. The van der Waals surface area contributed by atoms with Crippen molar-refractivity contribution in [1.82, 2.24) is 15.1 Å². The SMILES string of the molecule is Cl.Cl.NC1(C(=O)N2CCN(CCNC(=O)c3ccccc3F)CC2)CCCCC1. The first-order valence-electron chi connectivity index (χ1n) is 9.83. The molecule has 2 fully saturated rings. The Bertz CT molecular complexity index is 678. The Morgan fingerprint density at radius 2 is 1.66 bits per heavy atom. The average Bonchev–Trinajstić information content (AvgIpc) is 2.69. The van der Waals surface area contributed by atoms with Gasteiger partial charge in [-0.1, -0.05) is 31.4 Å². The molecule has 1 saturated heterocycles. The molecule has 1 aromatic carbocycles. The van der Waals surface area contributed by atoms with Crippen LogP contribution in [0.5, 0.6) is 0 Å². The standard InChI is InChI=1S/C20H29FN4O2.2ClH/c21-17-7-3-2-6-16(17)18(26)23-10-11-24-12-14-25(15-13-24)19(27)20(22)8-4-1-5-9-20;;/h2-3,6-7H,1,4-5,8-15,22H2,(H,23,26);2*1H. The number of nitrogens with one attached hydrogen (secondary N) is 1. The second-order valence-corrected chi connectivity index (χ2v) is 7.59. The van der Waals surface area contributed by atoms with E-state index in [1.165, 1.54) is 18.6 Å². The second kappa shape index (κ2) is 11.7. The zero-order valence-corrected chi connectivity index (χ0v) is 18.2. The minimum atomic E-state index is -0.672. The number of carbonyl (C=O) groups excluding carboxylic acids is 2. The number of hydrogen-bond donors (Lipinski definition) is 2. The van der Waals surface area contributed by atoms with Crippen molar-refractivity contribution < 1.29 is 14.0 Å². The molecule has 9 heteroatoms. The molecule has 1 aliphatic carbocycles. The molecule has 1 saturated carbocycles. The van der Waals surface area contributed by atoms with Crippen LogP contribution in [0.2, 0.25) is 0 Å². The van der Waals surface area contributed by atoms with Crippen molar-refractivity contribution >= 4 is 36.6 Å². The van der Waals surface area contributed by atoms with Crippen LogP contribution in [0.1, 0.15) is 42.5 Å². The molecule has 0 radical (unpaired) electrons. The fraction of sp³-hybridized carbons (Fsp3) is 0.600. The minimum Gasteiger partial charge on any atom is -0.351 e. The van der Waals surface area contributed by atoms with Crippen molar-refractivity contribution in [3.05, 3.63) is 35.6 Å². The maximum atomic E-state index is 13.6. The minimum absolute atomic E-state index is 0. The van der Waals surface area contributed by atoms with Gasteiger partial charge in [-0.15, -0.1) is 24.8 Å². The largest absolute Gasteiger partial charge is 0.351 e. The third-order valence-electron chi connectivity index (χ3n) is 5.66. The van der Waals surface area contributed by atoms with Crippen LogP contribution in [0.25, 0.3) is 0 Å². The van der Waals surface area contributed by atoms with Gasteiger partial charge < -0.3 is 16.0 Å². The second-order valence-electron chi connectivity index (χ2n) is 7.59. The first-order chi connectivity index (χ1) is 13.0. The predicted octanol–water partition coefficient (Wildman–Crippen LogP) is 2.20. The Hall–Kier alpha value is -1.41. The lowest BCUT2D eigenvalue weighted by Crippen LogP contribution is -2.60. The van der Waals surface area contributed by atoms with Crippen LogP contribution in [-0.4, -0.2) is 66.4 Å². The summed E-state index contributed by atoms with van der Waals surface area (Å²) in [6.07, 6.45) is 4.80. The third-order valence-corrected chi connectivity index (χ3v) is 5.66. The molecule has 3 N–H and O–H groups in total. The van der Waals surface area contributed by atoms with Gasteiger partial charge in [-0.25, -0.2) is 4.39 Å². The molecular weight excluding hydrogens is 418 g/mol. The topological polar surface area (TPSA) is 78.7 Å². The average molecular weight is 449 g/mol. The molecule has 1 aliphatic heterocycles. The van der Waals surface area contributed by atoms with Gasteiger partial charge in [0.15, 0.2) is 0 Å². The molecule has 164 valence electrons. The number of carbonyl (C=O) groups is 2. The van der Waals surface area contributed by atoms with Crippen LogP contribution in [0.4, 0.5) is 4.39 Å². The number of nitrogens with zero attached hydrogens (tertiary/aromatic N) is 2.